The highest BCUT2D eigenvalue weighted by molar-refractivity contribution is 7.91. The van der Waals surface area contributed by atoms with Crippen LogP contribution in [-0.4, -0.2) is 45.6 Å². The van der Waals surface area contributed by atoms with Gasteiger partial charge in [0.1, 0.15) is 5.82 Å². The predicted molar refractivity (Wildman–Crippen MR) is 107 cm³/mol. The first-order valence-electron chi connectivity index (χ1n) is 9.97. The quantitative estimate of drug-likeness (QED) is 0.597. The Kier molecular flexibility index (Phi) is 4.39. The van der Waals surface area contributed by atoms with Crippen molar-refractivity contribution in [3.8, 4) is 0 Å². The number of benzene rings is 1. The topological polar surface area (TPSA) is 84.6 Å². The van der Waals surface area contributed by atoms with Crippen molar-refractivity contribution in [2.75, 3.05) is 5.75 Å². The van der Waals surface area contributed by atoms with Crippen molar-refractivity contribution in [2.45, 2.75) is 49.6 Å². The highest BCUT2D eigenvalue weighted by atomic mass is 32.2. The first kappa shape index (κ1) is 19.2. The van der Waals surface area contributed by atoms with Crippen molar-refractivity contribution in [3.63, 3.8) is 0 Å². The van der Waals surface area contributed by atoms with Gasteiger partial charge in [0.05, 0.1) is 28.1 Å². The van der Waals surface area contributed by atoms with Gasteiger partial charge in [0.25, 0.3) is 0 Å². The van der Waals surface area contributed by atoms with E-state index in [0.717, 1.165) is 47.6 Å². The fourth-order valence-electron chi connectivity index (χ4n) is 4.69. The Bertz CT molecular complexity index is 1250. The lowest BCUT2D eigenvalue weighted by Crippen LogP contribution is -2.43. The third-order valence-electron chi connectivity index (χ3n) is 6.07. The summed E-state index contributed by atoms with van der Waals surface area (Å²) in [5, 5.41) is 4.55. The summed E-state index contributed by atoms with van der Waals surface area (Å²) in [6, 6.07) is 6.57. The summed E-state index contributed by atoms with van der Waals surface area (Å²) in [5.41, 5.74) is 3.78. The van der Waals surface area contributed by atoms with Gasteiger partial charge in [0, 0.05) is 36.7 Å². The van der Waals surface area contributed by atoms with Crippen LogP contribution in [0.25, 0.3) is 5.65 Å². The average molecular weight is 428 g/mol. The number of halogens is 1. The van der Waals surface area contributed by atoms with Gasteiger partial charge in [-0.2, -0.15) is 5.10 Å². The molecule has 1 saturated heterocycles. The van der Waals surface area contributed by atoms with E-state index in [4.69, 9.17) is 0 Å². The maximum Gasteiger partial charge on any atom is 0.224 e. The number of nitrogens with zero attached hydrogens (tertiary/aromatic N) is 4. The van der Waals surface area contributed by atoms with E-state index in [2.05, 4.69) is 10.1 Å². The third-order valence-corrected chi connectivity index (χ3v) is 7.81. The maximum atomic E-state index is 13.1. The molecule has 1 fully saturated rings. The van der Waals surface area contributed by atoms with E-state index in [1.165, 1.54) is 12.1 Å². The molecule has 2 aromatic heterocycles. The average Bonchev–Trinajstić information content (AvgIpc) is 3.25. The standard InChI is InChI=1S/C21H21FN4O3S/c1-13-10-20-23-12-17-18-7-4-15(11-19(17)26(20)24-13)25(18)21(27)8-9-30(28,29)16-5-2-14(22)3-6-16/h2-3,5-6,10,12,15,18H,4,7-9,11H2,1H3/t15-,18-/m1/s1. The Morgan fingerprint density at radius 1 is 1.23 bits per heavy atom. The monoisotopic (exact) mass is 428 g/mol. The van der Waals surface area contributed by atoms with Gasteiger partial charge in [-0.15, -0.1) is 0 Å². The Morgan fingerprint density at radius 3 is 2.77 bits per heavy atom. The molecule has 1 aromatic carbocycles. The van der Waals surface area contributed by atoms with Gasteiger partial charge in [0.2, 0.25) is 5.91 Å². The molecule has 0 saturated carbocycles. The Balaban J connectivity index is 1.37. The second kappa shape index (κ2) is 6.87. The number of carbonyl (C=O) groups is 1. The molecule has 0 radical (unpaired) electrons. The van der Waals surface area contributed by atoms with Crippen LogP contribution in [-0.2, 0) is 21.1 Å². The normalized spacial score (nSPS) is 20.5. The van der Waals surface area contributed by atoms with E-state index in [1.807, 2.05) is 28.6 Å². The van der Waals surface area contributed by atoms with Crippen LogP contribution in [0, 0.1) is 12.7 Å². The zero-order valence-corrected chi connectivity index (χ0v) is 17.3. The molecule has 2 bridgehead atoms. The number of rotatable bonds is 4. The van der Waals surface area contributed by atoms with Crippen LogP contribution >= 0.6 is 0 Å². The second-order valence-corrected chi connectivity index (χ2v) is 10.1. The number of aromatic nitrogens is 3. The lowest BCUT2D eigenvalue weighted by molar-refractivity contribution is -0.134. The molecule has 5 rings (SSSR count). The minimum atomic E-state index is -3.65. The van der Waals surface area contributed by atoms with Gasteiger partial charge < -0.3 is 4.90 Å². The first-order chi connectivity index (χ1) is 14.3. The summed E-state index contributed by atoms with van der Waals surface area (Å²) in [4.78, 5) is 19.4. The summed E-state index contributed by atoms with van der Waals surface area (Å²) in [6.07, 6.45) is 4.12. The van der Waals surface area contributed by atoms with Crippen LogP contribution in [0.4, 0.5) is 4.39 Å². The number of fused-ring (bicyclic) bond motifs is 6. The highest BCUT2D eigenvalue weighted by Crippen LogP contribution is 2.43. The molecule has 2 aliphatic rings. The van der Waals surface area contributed by atoms with E-state index >= 15 is 0 Å². The summed E-state index contributed by atoms with van der Waals surface area (Å²) in [6.45, 7) is 1.93. The van der Waals surface area contributed by atoms with E-state index in [-0.39, 0.29) is 35.1 Å². The number of hydrogen-bond donors (Lipinski definition) is 0. The minimum Gasteiger partial charge on any atom is -0.332 e. The van der Waals surface area contributed by atoms with Crippen LogP contribution in [0.15, 0.2) is 41.4 Å². The summed E-state index contributed by atoms with van der Waals surface area (Å²) >= 11 is 0. The number of aryl methyl sites for hydroxylation is 1. The Morgan fingerprint density at radius 2 is 2.00 bits per heavy atom. The summed E-state index contributed by atoms with van der Waals surface area (Å²) in [7, 11) is -3.65. The molecule has 2 aliphatic heterocycles. The van der Waals surface area contributed by atoms with E-state index in [9.17, 15) is 17.6 Å². The van der Waals surface area contributed by atoms with Gasteiger partial charge >= 0.3 is 0 Å². The van der Waals surface area contributed by atoms with Crippen molar-refractivity contribution >= 4 is 21.4 Å². The van der Waals surface area contributed by atoms with Gasteiger partial charge in [-0.1, -0.05) is 0 Å². The van der Waals surface area contributed by atoms with Crippen LogP contribution in [0.1, 0.15) is 42.3 Å². The van der Waals surface area contributed by atoms with E-state index < -0.39 is 15.7 Å². The van der Waals surface area contributed by atoms with Crippen molar-refractivity contribution in [1.82, 2.24) is 19.5 Å². The molecule has 1 amide bonds. The molecule has 9 heteroatoms. The van der Waals surface area contributed by atoms with Crippen LogP contribution < -0.4 is 0 Å². The lowest BCUT2D eigenvalue weighted by Gasteiger charge is -2.36. The minimum absolute atomic E-state index is 0.0318. The summed E-state index contributed by atoms with van der Waals surface area (Å²) in [5.74, 6) is -0.963. The van der Waals surface area contributed by atoms with Gasteiger partial charge in [0.15, 0.2) is 15.5 Å². The van der Waals surface area contributed by atoms with Gasteiger partial charge in [-0.05, 0) is 44.0 Å². The third kappa shape index (κ3) is 3.08. The highest BCUT2D eigenvalue weighted by Gasteiger charge is 2.43. The molecule has 3 aromatic rings. The molecule has 2 atom stereocenters. The molecule has 0 spiro atoms. The fourth-order valence-corrected chi connectivity index (χ4v) is 5.92. The van der Waals surface area contributed by atoms with Crippen LogP contribution in [0.3, 0.4) is 0 Å². The number of sulfone groups is 1. The van der Waals surface area contributed by atoms with Crippen molar-refractivity contribution in [3.05, 3.63) is 59.3 Å². The number of carbonyl (C=O) groups excluding carboxylic acids is 1. The molecular formula is C21H21FN4O3S. The number of amides is 1. The molecular weight excluding hydrogens is 407 g/mol. The molecule has 0 N–H and O–H groups in total. The second-order valence-electron chi connectivity index (χ2n) is 7.99. The maximum absolute atomic E-state index is 13.1. The van der Waals surface area contributed by atoms with Crippen molar-refractivity contribution in [2.24, 2.45) is 0 Å². The molecule has 156 valence electrons. The summed E-state index contributed by atoms with van der Waals surface area (Å²) < 4.78 is 40.0. The zero-order chi connectivity index (χ0) is 21.0. The SMILES string of the molecule is Cc1cc2ncc3c(n2n1)C[C@H]1CC[C@H]3N1C(=O)CCS(=O)(=O)c1ccc(F)cc1. The fraction of sp³-hybridized carbons (Fsp3) is 0.381. The first-order valence-corrected chi connectivity index (χ1v) is 11.6. The van der Waals surface area contributed by atoms with Crippen LogP contribution in [0.2, 0.25) is 0 Å². The van der Waals surface area contributed by atoms with Crippen molar-refractivity contribution < 1.29 is 17.6 Å². The van der Waals surface area contributed by atoms with E-state index in [0.29, 0.717) is 6.42 Å². The van der Waals surface area contributed by atoms with Crippen molar-refractivity contribution in [1.29, 1.82) is 0 Å². The number of hydrogen-bond acceptors (Lipinski definition) is 5. The van der Waals surface area contributed by atoms with Gasteiger partial charge in [-0.25, -0.2) is 22.3 Å². The molecule has 4 heterocycles. The zero-order valence-electron chi connectivity index (χ0n) is 16.5. The smallest absolute Gasteiger partial charge is 0.224 e. The molecule has 0 aliphatic carbocycles. The van der Waals surface area contributed by atoms with Gasteiger partial charge in [-0.3, -0.25) is 4.79 Å². The van der Waals surface area contributed by atoms with Crippen LogP contribution in [0.5, 0.6) is 0 Å². The van der Waals surface area contributed by atoms with E-state index in [1.54, 1.807) is 0 Å². The molecule has 0 unspecified atom stereocenters. The largest absolute Gasteiger partial charge is 0.332 e. The lowest BCUT2D eigenvalue weighted by atomic mass is 9.99. The molecule has 7 nitrogen and oxygen atoms in total. The molecule has 30 heavy (non-hydrogen) atoms. The Hall–Kier alpha value is -2.81. The Labute approximate surface area is 173 Å². The predicted octanol–water partition coefficient (Wildman–Crippen LogP) is 2.63.